The van der Waals surface area contributed by atoms with E-state index in [-0.39, 0.29) is 10.9 Å². The minimum Gasteiger partial charge on any atom is -0.493 e. The van der Waals surface area contributed by atoms with E-state index in [9.17, 15) is 9.18 Å². The maximum absolute atomic E-state index is 13.1. The van der Waals surface area contributed by atoms with Crippen molar-refractivity contribution >= 4 is 45.2 Å². The van der Waals surface area contributed by atoms with Crippen LogP contribution in [0.15, 0.2) is 46.9 Å². The zero-order chi connectivity index (χ0) is 16.8. The molecule has 23 heavy (non-hydrogen) atoms. The van der Waals surface area contributed by atoms with Crippen molar-refractivity contribution in [2.45, 2.75) is 6.92 Å². The molecule has 0 fully saturated rings. The van der Waals surface area contributed by atoms with Crippen molar-refractivity contribution in [1.82, 2.24) is 0 Å². The van der Waals surface area contributed by atoms with Gasteiger partial charge in [-0.3, -0.25) is 4.79 Å². The molecule has 0 saturated heterocycles. The van der Waals surface area contributed by atoms with Gasteiger partial charge in [0.2, 0.25) is 5.91 Å². The van der Waals surface area contributed by atoms with E-state index in [4.69, 9.17) is 16.3 Å². The van der Waals surface area contributed by atoms with Crippen LogP contribution in [-0.2, 0) is 4.79 Å². The molecule has 6 heteroatoms. The van der Waals surface area contributed by atoms with Gasteiger partial charge in [-0.2, -0.15) is 0 Å². The third kappa shape index (κ3) is 5.08. The topological polar surface area (TPSA) is 38.3 Å². The molecule has 0 spiro atoms. The second kappa shape index (κ2) is 8.13. The number of ether oxygens (including phenoxy) is 1. The van der Waals surface area contributed by atoms with Crippen LogP contribution in [0.4, 0.5) is 10.1 Å². The molecule has 3 nitrogen and oxygen atoms in total. The number of nitrogens with one attached hydrogen (secondary N) is 1. The number of hydrogen-bond acceptors (Lipinski definition) is 2. The van der Waals surface area contributed by atoms with Crippen LogP contribution in [0.1, 0.15) is 12.5 Å². The van der Waals surface area contributed by atoms with Gasteiger partial charge in [-0.25, -0.2) is 4.39 Å². The van der Waals surface area contributed by atoms with Gasteiger partial charge in [-0.1, -0.05) is 27.5 Å². The highest BCUT2D eigenvalue weighted by Crippen LogP contribution is 2.25. The Morgan fingerprint density at radius 2 is 2.13 bits per heavy atom. The quantitative estimate of drug-likeness (QED) is 0.695. The monoisotopic (exact) mass is 397 g/mol. The van der Waals surface area contributed by atoms with Crippen molar-refractivity contribution in [2.24, 2.45) is 0 Å². The first-order valence-electron chi connectivity index (χ1n) is 6.86. The molecule has 0 bridgehead atoms. The number of anilines is 1. The highest BCUT2D eigenvalue weighted by molar-refractivity contribution is 9.10. The Morgan fingerprint density at radius 3 is 2.83 bits per heavy atom. The van der Waals surface area contributed by atoms with Crippen LogP contribution < -0.4 is 10.1 Å². The first-order valence-corrected chi connectivity index (χ1v) is 8.03. The molecule has 0 unspecified atom stereocenters. The SMILES string of the molecule is CCOc1ccc(Br)cc1/C=C/C(=O)Nc1ccc(F)c(Cl)c1. The van der Waals surface area contributed by atoms with Crippen molar-refractivity contribution in [2.75, 3.05) is 11.9 Å². The molecule has 0 aliphatic carbocycles. The predicted molar refractivity (Wildman–Crippen MR) is 94.4 cm³/mol. The summed E-state index contributed by atoms with van der Waals surface area (Å²) < 4.78 is 19.5. The lowest BCUT2D eigenvalue weighted by Gasteiger charge is -2.07. The fourth-order valence-corrected chi connectivity index (χ4v) is 2.42. The largest absolute Gasteiger partial charge is 0.493 e. The summed E-state index contributed by atoms with van der Waals surface area (Å²) in [6.07, 6.45) is 3.03. The summed E-state index contributed by atoms with van der Waals surface area (Å²) in [5.74, 6) is -0.199. The number of hydrogen-bond donors (Lipinski definition) is 1. The van der Waals surface area contributed by atoms with Gasteiger partial charge in [0.25, 0.3) is 0 Å². The third-order valence-corrected chi connectivity index (χ3v) is 3.66. The molecule has 1 amide bonds. The van der Waals surface area contributed by atoms with Crippen molar-refractivity contribution in [3.05, 3.63) is 63.4 Å². The fraction of sp³-hybridized carbons (Fsp3) is 0.118. The Kier molecular flexibility index (Phi) is 6.19. The van der Waals surface area contributed by atoms with Crippen molar-refractivity contribution < 1.29 is 13.9 Å². The maximum atomic E-state index is 13.1. The standard InChI is InChI=1S/C17H14BrClFNO2/c1-2-23-16-7-4-12(18)9-11(16)3-8-17(22)21-13-5-6-15(20)14(19)10-13/h3-10H,2H2,1H3,(H,21,22)/b8-3+. The summed E-state index contributed by atoms with van der Waals surface area (Å²) in [6.45, 7) is 2.42. The summed E-state index contributed by atoms with van der Waals surface area (Å²) in [7, 11) is 0. The summed E-state index contributed by atoms with van der Waals surface area (Å²) in [6, 6.07) is 9.53. The van der Waals surface area contributed by atoms with Crippen LogP contribution in [-0.4, -0.2) is 12.5 Å². The molecule has 2 aromatic rings. The van der Waals surface area contributed by atoms with Crippen LogP contribution >= 0.6 is 27.5 Å². The molecule has 0 aliphatic heterocycles. The van der Waals surface area contributed by atoms with E-state index in [2.05, 4.69) is 21.2 Å². The average molecular weight is 399 g/mol. The predicted octanol–water partition coefficient (Wildman–Crippen LogP) is 5.29. The van der Waals surface area contributed by atoms with Gasteiger partial charge in [0.05, 0.1) is 11.6 Å². The molecule has 1 N–H and O–H groups in total. The Bertz CT molecular complexity index is 749. The number of carbonyl (C=O) groups excluding carboxylic acids is 1. The van der Waals surface area contributed by atoms with Gasteiger partial charge in [0.1, 0.15) is 11.6 Å². The molecule has 0 atom stereocenters. The fourth-order valence-electron chi connectivity index (χ4n) is 1.86. The number of amides is 1. The molecule has 0 radical (unpaired) electrons. The first kappa shape index (κ1) is 17.5. The molecule has 0 saturated carbocycles. The molecular formula is C17H14BrClFNO2. The molecular weight excluding hydrogens is 385 g/mol. The Labute approximate surface area is 147 Å². The summed E-state index contributed by atoms with van der Waals surface area (Å²) in [4.78, 5) is 11.9. The third-order valence-electron chi connectivity index (χ3n) is 2.87. The van der Waals surface area contributed by atoms with Gasteiger partial charge in [0, 0.05) is 21.8 Å². The Morgan fingerprint density at radius 1 is 1.35 bits per heavy atom. The zero-order valence-corrected chi connectivity index (χ0v) is 14.6. The number of halogens is 3. The highest BCUT2D eigenvalue weighted by atomic mass is 79.9. The minimum absolute atomic E-state index is 0.0441. The Hall–Kier alpha value is -1.85. The normalized spacial score (nSPS) is 10.8. The lowest BCUT2D eigenvalue weighted by molar-refractivity contribution is -0.111. The van der Waals surface area contributed by atoms with E-state index < -0.39 is 5.82 Å². The highest BCUT2D eigenvalue weighted by Gasteiger charge is 2.05. The lowest BCUT2D eigenvalue weighted by atomic mass is 10.2. The second-order valence-corrected chi connectivity index (χ2v) is 5.89. The summed E-state index contributed by atoms with van der Waals surface area (Å²) >= 11 is 9.06. The average Bonchev–Trinajstić information content (AvgIpc) is 2.51. The van der Waals surface area contributed by atoms with Gasteiger partial charge < -0.3 is 10.1 Å². The number of rotatable bonds is 5. The van der Waals surface area contributed by atoms with Crippen molar-refractivity contribution in [3.8, 4) is 5.75 Å². The van der Waals surface area contributed by atoms with E-state index in [1.807, 2.05) is 25.1 Å². The Balaban J connectivity index is 2.11. The molecule has 2 rings (SSSR count). The van der Waals surface area contributed by atoms with E-state index >= 15 is 0 Å². The summed E-state index contributed by atoms with van der Waals surface area (Å²) in [5.41, 5.74) is 1.19. The van der Waals surface area contributed by atoms with Gasteiger partial charge in [0.15, 0.2) is 0 Å². The zero-order valence-electron chi connectivity index (χ0n) is 12.3. The van der Waals surface area contributed by atoms with E-state index in [1.54, 1.807) is 6.08 Å². The maximum Gasteiger partial charge on any atom is 0.248 e. The van der Waals surface area contributed by atoms with Crippen LogP contribution in [0.25, 0.3) is 6.08 Å². The molecule has 0 aromatic heterocycles. The van der Waals surface area contributed by atoms with Crippen molar-refractivity contribution in [3.63, 3.8) is 0 Å². The molecule has 2 aromatic carbocycles. The smallest absolute Gasteiger partial charge is 0.248 e. The van der Waals surface area contributed by atoms with E-state index in [0.717, 1.165) is 10.0 Å². The lowest BCUT2D eigenvalue weighted by Crippen LogP contribution is -2.07. The molecule has 0 aliphatic rings. The van der Waals surface area contributed by atoms with Crippen LogP contribution in [0.3, 0.4) is 0 Å². The minimum atomic E-state index is -0.532. The van der Waals surface area contributed by atoms with E-state index in [0.29, 0.717) is 18.0 Å². The second-order valence-electron chi connectivity index (χ2n) is 4.57. The van der Waals surface area contributed by atoms with Gasteiger partial charge >= 0.3 is 0 Å². The number of carbonyl (C=O) groups is 1. The van der Waals surface area contributed by atoms with Gasteiger partial charge in [-0.15, -0.1) is 0 Å². The van der Waals surface area contributed by atoms with Crippen LogP contribution in [0.5, 0.6) is 5.75 Å². The van der Waals surface area contributed by atoms with E-state index in [1.165, 1.54) is 24.3 Å². The van der Waals surface area contributed by atoms with Crippen LogP contribution in [0.2, 0.25) is 5.02 Å². The van der Waals surface area contributed by atoms with Crippen molar-refractivity contribution in [1.29, 1.82) is 0 Å². The molecule has 0 heterocycles. The number of benzene rings is 2. The first-order chi connectivity index (χ1) is 11.0. The van der Waals surface area contributed by atoms with Crippen LogP contribution in [0, 0.1) is 5.82 Å². The summed E-state index contributed by atoms with van der Waals surface area (Å²) in [5, 5.41) is 2.57. The van der Waals surface area contributed by atoms with Gasteiger partial charge in [-0.05, 0) is 49.4 Å². The molecule has 120 valence electrons.